The molecule has 0 saturated heterocycles. The summed E-state index contributed by atoms with van der Waals surface area (Å²) in [6.45, 7) is 6.18. The summed E-state index contributed by atoms with van der Waals surface area (Å²) in [5.74, 6) is 1.04. The summed E-state index contributed by atoms with van der Waals surface area (Å²) in [5, 5.41) is 15.6. The molecule has 4 heteroatoms. The van der Waals surface area contributed by atoms with Crippen molar-refractivity contribution in [2.75, 3.05) is 5.32 Å². The van der Waals surface area contributed by atoms with E-state index < -0.39 is 0 Å². The van der Waals surface area contributed by atoms with Crippen LogP contribution in [0.4, 0.5) is 5.82 Å². The van der Waals surface area contributed by atoms with Gasteiger partial charge in [0.05, 0.1) is 11.4 Å². The predicted molar refractivity (Wildman–Crippen MR) is 117 cm³/mol. The number of phenolic OH excluding ortho intramolecular Hbond substituents is 1. The maximum Gasteiger partial charge on any atom is 0.253 e. The molecule has 0 spiro atoms. The summed E-state index contributed by atoms with van der Waals surface area (Å²) in [6, 6.07) is 20.3. The number of fused-ring (bicyclic) bond motifs is 1. The maximum absolute atomic E-state index is 11.1. The Morgan fingerprint density at radius 3 is 2.48 bits per heavy atom. The predicted octanol–water partition coefficient (Wildman–Crippen LogP) is 5.14. The molecule has 2 aromatic carbocycles. The van der Waals surface area contributed by atoms with Crippen LogP contribution in [0.3, 0.4) is 0 Å². The fourth-order valence-electron chi connectivity index (χ4n) is 3.63. The van der Waals surface area contributed by atoms with Gasteiger partial charge in [0.25, 0.3) is 5.52 Å². The van der Waals surface area contributed by atoms with Crippen LogP contribution < -0.4 is 10.3 Å². The lowest BCUT2D eigenvalue weighted by atomic mass is 9.95. The number of aromatic hydroxyl groups is 1. The number of hydrogen-bond acceptors (Lipinski definition) is 3. The van der Waals surface area contributed by atoms with E-state index in [4.69, 9.17) is 0 Å². The first kappa shape index (κ1) is 18.9. The molecule has 0 bridgehead atoms. The zero-order chi connectivity index (χ0) is 20.4. The summed E-state index contributed by atoms with van der Waals surface area (Å²) < 4.78 is 0. The van der Waals surface area contributed by atoms with Crippen molar-refractivity contribution in [2.45, 2.75) is 33.2 Å². The number of rotatable bonds is 5. The molecule has 1 atom stereocenters. The van der Waals surface area contributed by atoms with Gasteiger partial charge in [-0.2, -0.15) is 0 Å². The number of nitrogens with one attached hydrogen (secondary N) is 2. The van der Waals surface area contributed by atoms with Crippen LogP contribution in [0.15, 0.2) is 66.9 Å². The number of aromatic nitrogens is 2. The first-order valence-electron chi connectivity index (χ1n) is 9.97. The van der Waals surface area contributed by atoms with Gasteiger partial charge < -0.3 is 10.4 Å². The molecular weight excluding hydrogens is 358 g/mol. The fourth-order valence-corrected chi connectivity index (χ4v) is 3.63. The van der Waals surface area contributed by atoms with E-state index in [1.54, 1.807) is 6.20 Å². The number of H-pyrrole nitrogens is 1. The highest BCUT2D eigenvalue weighted by Crippen LogP contribution is 2.35. The summed E-state index contributed by atoms with van der Waals surface area (Å²) >= 11 is 0. The van der Waals surface area contributed by atoms with E-state index in [0.29, 0.717) is 0 Å². The summed E-state index contributed by atoms with van der Waals surface area (Å²) in [6.07, 6.45) is 2.79. The number of phenols is 1. The summed E-state index contributed by atoms with van der Waals surface area (Å²) in [7, 11) is 0. The van der Waals surface area contributed by atoms with Crippen LogP contribution in [0.2, 0.25) is 0 Å². The van der Waals surface area contributed by atoms with Crippen molar-refractivity contribution >= 4 is 16.7 Å². The van der Waals surface area contributed by atoms with Crippen LogP contribution >= 0.6 is 0 Å². The van der Waals surface area contributed by atoms with E-state index in [2.05, 4.69) is 46.5 Å². The van der Waals surface area contributed by atoms with Gasteiger partial charge >= 0.3 is 0 Å². The molecule has 0 amide bonds. The number of benzene rings is 2. The third-order valence-electron chi connectivity index (χ3n) is 5.32. The van der Waals surface area contributed by atoms with E-state index in [1.807, 2.05) is 50.2 Å². The minimum absolute atomic E-state index is 0.228. The van der Waals surface area contributed by atoms with Crippen LogP contribution in [0.1, 0.15) is 40.9 Å². The molecule has 0 fully saturated rings. The van der Waals surface area contributed by atoms with Gasteiger partial charge in [-0.05, 0) is 54.3 Å². The van der Waals surface area contributed by atoms with Gasteiger partial charge in [-0.1, -0.05) is 37.3 Å². The second kappa shape index (κ2) is 7.92. The highest BCUT2D eigenvalue weighted by atomic mass is 16.3. The van der Waals surface area contributed by atoms with Crippen LogP contribution in [0.5, 0.6) is 5.75 Å². The first-order chi connectivity index (χ1) is 14.0. The minimum Gasteiger partial charge on any atom is -0.502 e. The quantitative estimate of drug-likeness (QED) is 0.501. The van der Waals surface area contributed by atoms with Crippen molar-refractivity contribution in [1.29, 1.82) is 0 Å². The summed E-state index contributed by atoms with van der Waals surface area (Å²) in [5.41, 5.74) is 6.06. The largest absolute Gasteiger partial charge is 0.502 e. The van der Waals surface area contributed by atoms with Gasteiger partial charge in [-0.3, -0.25) is 0 Å². The van der Waals surface area contributed by atoms with Gasteiger partial charge in [0.1, 0.15) is 5.82 Å². The number of pyridine rings is 2. The van der Waals surface area contributed by atoms with Crippen molar-refractivity contribution in [3.8, 4) is 5.75 Å². The average molecular weight is 385 g/mol. The molecule has 0 aliphatic heterocycles. The van der Waals surface area contributed by atoms with Crippen molar-refractivity contribution in [3.05, 3.63) is 94.8 Å². The molecule has 0 saturated carbocycles. The minimum atomic E-state index is -0.228. The first-order valence-corrected chi connectivity index (χ1v) is 9.97. The molecule has 1 unspecified atom stereocenters. The van der Waals surface area contributed by atoms with Crippen molar-refractivity contribution in [2.24, 2.45) is 0 Å². The highest BCUT2D eigenvalue weighted by molar-refractivity contribution is 5.83. The molecule has 4 rings (SSSR count). The van der Waals surface area contributed by atoms with E-state index in [-0.39, 0.29) is 11.8 Å². The molecule has 2 heterocycles. The fraction of sp³-hybridized carbons (Fsp3) is 0.200. The number of nitrogens with zero attached hydrogens (tertiary/aromatic N) is 1. The Labute approximate surface area is 171 Å². The molecule has 3 N–H and O–H groups in total. The Morgan fingerprint density at radius 2 is 1.76 bits per heavy atom. The standard InChI is InChI=1S/C25H25N3O/c1-4-18-6-9-19(10-7-18)23(28-22-15-16(2)13-14-26-22)21-12-11-20-8-5-17(3)27-24(20)25(21)29/h5-15,23,29H,4H2,1-3H3,(H,26,28)/p+1. The van der Waals surface area contributed by atoms with Crippen LogP contribution in [0.25, 0.3) is 10.9 Å². The lowest BCUT2D eigenvalue weighted by molar-refractivity contribution is -0.355. The smallest absolute Gasteiger partial charge is 0.253 e. The van der Waals surface area contributed by atoms with Gasteiger partial charge in [-0.15, -0.1) is 0 Å². The monoisotopic (exact) mass is 384 g/mol. The summed E-state index contributed by atoms with van der Waals surface area (Å²) in [4.78, 5) is 7.77. The lowest BCUT2D eigenvalue weighted by Gasteiger charge is -2.22. The Hall–Kier alpha value is -3.40. The maximum atomic E-state index is 11.1. The van der Waals surface area contributed by atoms with Gasteiger partial charge in [0.2, 0.25) is 0 Å². The molecule has 4 nitrogen and oxygen atoms in total. The second-order valence-electron chi connectivity index (χ2n) is 7.50. The Kier molecular flexibility index (Phi) is 5.17. The zero-order valence-corrected chi connectivity index (χ0v) is 17.0. The van der Waals surface area contributed by atoms with Gasteiger partial charge in [0.15, 0.2) is 11.4 Å². The van der Waals surface area contributed by atoms with Crippen molar-refractivity contribution in [1.82, 2.24) is 4.98 Å². The van der Waals surface area contributed by atoms with Crippen molar-refractivity contribution in [3.63, 3.8) is 0 Å². The Balaban J connectivity index is 1.84. The van der Waals surface area contributed by atoms with Crippen molar-refractivity contribution < 1.29 is 10.1 Å². The number of hydrogen-bond donors (Lipinski definition) is 2. The molecule has 29 heavy (non-hydrogen) atoms. The van der Waals surface area contributed by atoms with Gasteiger partial charge in [0, 0.05) is 24.8 Å². The number of aryl methyl sites for hydroxylation is 3. The van der Waals surface area contributed by atoms with E-state index in [9.17, 15) is 5.11 Å². The van der Waals surface area contributed by atoms with E-state index in [1.165, 1.54) is 5.56 Å². The topological polar surface area (TPSA) is 59.3 Å². The number of aromatic amines is 1. The molecular formula is C25H26N3O+. The molecule has 0 aliphatic rings. The Morgan fingerprint density at radius 1 is 1.00 bits per heavy atom. The lowest BCUT2D eigenvalue weighted by Crippen LogP contribution is -2.15. The third-order valence-corrected chi connectivity index (χ3v) is 5.32. The molecule has 0 radical (unpaired) electrons. The van der Waals surface area contributed by atoms with E-state index >= 15 is 0 Å². The SMILES string of the molecule is CCc1ccc(C(Nc2cc(C)ccn2)c2ccc3ccc(C)[nH+]c3c2O)cc1. The van der Waals surface area contributed by atoms with Crippen LogP contribution in [-0.2, 0) is 6.42 Å². The van der Waals surface area contributed by atoms with Crippen LogP contribution in [0, 0.1) is 13.8 Å². The average Bonchev–Trinajstić information content (AvgIpc) is 2.73. The molecule has 0 aliphatic carbocycles. The second-order valence-corrected chi connectivity index (χ2v) is 7.50. The highest BCUT2D eigenvalue weighted by Gasteiger charge is 2.22. The molecule has 4 aromatic rings. The van der Waals surface area contributed by atoms with Crippen LogP contribution in [-0.4, -0.2) is 10.1 Å². The zero-order valence-electron chi connectivity index (χ0n) is 17.0. The number of anilines is 1. The van der Waals surface area contributed by atoms with E-state index in [0.717, 1.165) is 45.5 Å². The molecule has 2 aromatic heterocycles. The normalized spacial score (nSPS) is 12.1. The molecule has 146 valence electrons. The Bertz CT molecular complexity index is 1150. The third kappa shape index (κ3) is 3.92. The van der Waals surface area contributed by atoms with Gasteiger partial charge in [-0.25, -0.2) is 9.97 Å².